The van der Waals surface area contributed by atoms with Crippen LogP contribution in [0.15, 0.2) is 73.0 Å². The molecule has 1 aliphatic rings. The van der Waals surface area contributed by atoms with Crippen LogP contribution in [0.25, 0.3) is 10.8 Å². The number of benzene rings is 3. The Morgan fingerprint density at radius 3 is 2.29 bits per heavy atom. The highest BCUT2D eigenvalue weighted by Gasteiger charge is 2.33. The number of fused-ring (bicyclic) bond motifs is 3. The molecular weight excluding hydrogens is 313 g/mol. The molecule has 0 spiro atoms. The second kappa shape index (κ2) is 5.13. The number of ether oxygens (including phenoxy) is 1. The topological polar surface area (TPSA) is 9.23 Å². The van der Waals surface area contributed by atoms with Crippen molar-refractivity contribution in [3.05, 3.63) is 89.7 Å². The normalized spacial score (nSPS) is 17.0. The van der Waals surface area contributed by atoms with E-state index in [1.54, 1.807) is 0 Å². The van der Waals surface area contributed by atoms with E-state index >= 15 is 0 Å². The summed E-state index contributed by atoms with van der Waals surface area (Å²) in [5.74, 6) is 0.970. The third kappa shape index (κ3) is 2.26. The molecule has 1 unspecified atom stereocenters. The molecule has 1 heterocycles. The van der Waals surface area contributed by atoms with E-state index < -0.39 is 11.7 Å². The van der Waals surface area contributed by atoms with Gasteiger partial charge in [0.2, 0.25) is 0 Å². The summed E-state index contributed by atoms with van der Waals surface area (Å²) in [4.78, 5) is 0. The average molecular weight is 326 g/mol. The standard InChI is InChI=1S/C20H13F3O/c1-12-18(14-6-9-15(10-7-14)20(21,22)23)19-16-5-3-2-4-13(16)8-11-17(19)24-12/h2-11,18H,1H2. The van der Waals surface area contributed by atoms with Crippen LogP contribution < -0.4 is 4.74 Å². The fraction of sp³-hybridized carbons (Fsp3) is 0.100. The fourth-order valence-electron chi connectivity index (χ4n) is 3.24. The SMILES string of the molecule is C=C1Oc2ccc3ccccc3c2C1c1ccc(C(F)(F)F)cc1. The monoisotopic (exact) mass is 326 g/mol. The lowest BCUT2D eigenvalue weighted by Crippen LogP contribution is -2.06. The first-order valence-corrected chi connectivity index (χ1v) is 7.50. The number of hydrogen-bond acceptors (Lipinski definition) is 1. The van der Waals surface area contributed by atoms with Gasteiger partial charge in [-0.25, -0.2) is 0 Å². The zero-order valence-corrected chi connectivity index (χ0v) is 12.6. The molecule has 120 valence electrons. The molecule has 24 heavy (non-hydrogen) atoms. The largest absolute Gasteiger partial charge is 0.461 e. The van der Waals surface area contributed by atoms with Crippen molar-refractivity contribution >= 4 is 10.8 Å². The van der Waals surface area contributed by atoms with Crippen LogP contribution in [0.4, 0.5) is 13.2 Å². The van der Waals surface area contributed by atoms with Crippen molar-refractivity contribution in [3.63, 3.8) is 0 Å². The van der Waals surface area contributed by atoms with Crippen LogP contribution >= 0.6 is 0 Å². The third-order valence-electron chi connectivity index (χ3n) is 4.35. The molecule has 3 aromatic carbocycles. The van der Waals surface area contributed by atoms with E-state index in [2.05, 4.69) is 6.58 Å². The van der Waals surface area contributed by atoms with E-state index in [1.165, 1.54) is 12.1 Å². The second-order valence-electron chi connectivity index (χ2n) is 5.82. The van der Waals surface area contributed by atoms with Gasteiger partial charge in [0.15, 0.2) is 0 Å². The Bertz CT molecular complexity index is 939. The average Bonchev–Trinajstić information content (AvgIpc) is 2.90. The maximum absolute atomic E-state index is 12.8. The predicted octanol–water partition coefficient (Wildman–Crippen LogP) is 5.90. The van der Waals surface area contributed by atoms with Crippen LogP contribution in [0.1, 0.15) is 22.6 Å². The summed E-state index contributed by atoms with van der Waals surface area (Å²) in [6.07, 6.45) is -4.34. The van der Waals surface area contributed by atoms with Gasteiger partial charge >= 0.3 is 6.18 Å². The van der Waals surface area contributed by atoms with Crippen molar-refractivity contribution in [2.75, 3.05) is 0 Å². The van der Waals surface area contributed by atoms with Gasteiger partial charge in [-0.2, -0.15) is 13.2 Å². The lowest BCUT2D eigenvalue weighted by Gasteiger charge is -2.14. The zero-order chi connectivity index (χ0) is 16.9. The Morgan fingerprint density at radius 1 is 0.875 bits per heavy atom. The molecule has 0 amide bonds. The van der Waals surface area contributed by atoms with E-state index in [0.29, 0.717) is 11.5 Å². The molecule has 3 aromatic rings. The van der Waals surface area contributed by atoms with Crippen LogP contribution in [0.2, 0.25) is 0 Å². The summed E-state index contributed by atoms with van der Waals surface area (Å²) in [6, 6.07) is 16.9. The first-order chi connectivity index (χ1) is 11.4. The quantitative estimate of drug-likeness (QED) is 0.541. The summed E-state index contributed by atoms with van der Waals surface area (Å²) in [7, 11) is 0. The molecule has 1 nitrogen and oxygen atoms in total. The Labute approximate surface area is 137 Å². The fourth-order valence-corrected chi connectivity index (χ4v) is 3.24. The molecule has 0 saturated carbocycles. The van der Waals surface area contributed by atoms with Crippen molar-refractivity contribution in [2.45, 2.75) is 12.1 Å². The summed E-state index contributed by atoms with van der Waals surface area (Å²) >= 11 is 0. The number of halogens is 3. The molecule has 0 saturated heterocycles. The van der Waals surface area contributed by atoms with Gasteiger partial charge in [0.25, 0.3) is 0 Å². The molecule has 0 aromatic heterocycles. The van der Waals surface area contributed by atoms with Crippen molar-refractivity contribution in [3.8, 4) is 5.75 Å². The Kier molecular flexibility index (Phi) is 3.17. The minimum absolute atomic E-state index is 0.270. The van der Waals surface area contributed by atoms with Gasteiger partial charge in [0, 0.05) is 5.56 Å². The first-order valence-electron chi connectivity index (χ1n) is 7.50. The molecule has 0 aliphatic carbocycles. The molecule has 4 heteroatoms. The zero-order valence-electron chi connectivity index (χ0n) is 12.6. The van der Waals surface area contributed by atoms with Gasteiger partial charge in [-0.15, -0.1) is 0 Å². The highest BCUT2D eigenvalue weighted by molar-refractivity contribution is 5.90. The Hall–Kier alpha value is -2.75. The van der Waals surface area contributed by atoms with Gasteiger partial charge in [0.1, 0.15) is 11.5 Å². The molecule has 1 atom stereocenters. The number of rotatable bonds is 1. The molecule has 0 bridgehead atoms. The highest BCUT2D eigenvalue weighted by Crippen LogP contribution is 2.47. The van der Waals surface area contributed by atoms with Crippen LogP contribution in [-0.4, -0.2) is 0 Å². The summed E-state index contributed by atoms with van der Waals surface area (Å²) < 4.78 is 44.1. The van der Waals surface area contributed by atoms with Gasteiger partial charge in [0.05, 0.1) is 11.5 Å². The first kappa shape index (κ1) is 14.8. The lowest BCUT2D eigenvalue weighted by atomic mass is 9.87. The molecule has 0 radical (unpaired) electrons. The lowest BCUT2D eigenvalue weighted by molar-refractivity contribution is -0.137. The van der Waals surface area contributed by atoms with Crippen molar-refractivity contribution < 1.29 is 17.9 Å². The highest BCUT2D eigenvalue weighted by atomic mass is 19.4. The van der Waals surface area contributed by atoms with Crippen LogP contribution in [0.5, 0.6) is 5.75 Å². The molecule has 0 fully saturated rings. The van der Waals surface area contributed by atoms with Crippen LogP contribution in [-0.2, 0) is 6.18 Å². The van der Waals surface area contributed by atoms with Gasteiger partial charge in [-0.3, -0.25) is 0 Å². The van der Waals surface area contributed by atoms with E-state index in [9.17, 15) is 13.2 Å². The molecule has 1 aliphatic heterocycles. The molecule has 4 rings (SSSR count). The second-order valence-corrected chi connectivity index (χ2v) is 5.82. The molecule has 0 N–H and O–H groups in total. The summed E-state index contributed by atoms with van der Waals surface area (Å²) in [5.41, 5.74) is 1.04. The predicted molar refractivity (Wildman–Crippen MR) is 87.0 cm³/mol. The van der Waals surface area contributed by atoms with Gasteiger partial charge in [-0.05, 0) is 34.5 Å². The summed E-state index contributed by atoms with van der Waals surface area (Å²) in [6.45, 7) is 3.96. The minimum Gasteiger partial charge on any atom is -0.461 e. The smallest absolute Gasteiger partial charge is 0.416 e. The Balaban J connectivity index is 1.86. The van der Waals surface area contributed by atoms with Gasteiger partial charge in [-0.1, -0.05) is 49.0 Å². The van der Waals surface area contributed by atoms with Crippen molar-refractivity contribution in [1.82, 2.24) is 0 Å². The number of allylic oxidation sites excluding steroid dienone is 1. The summed E-state index contributed by atoms with van der Waals surface area (Å²) in [5, 5.41) is 2.09. The van der Waals surface area contributed by atoms with E-state index in [1.807, 2.05) is 36.4 Å². The van der Waals surface area contributed by atoms with Crippen LogP contribution in [0, 0.1) is 0 Å². The maximum atomic E-state index is 12.8. The third-order valence-corrected chi connectivity index (χ3v) is 4.35. The Morgan fingerprint density at radius 2 is 1.58 bits per heavy atom. The maximum Gasteiger partial charge on any atom is 0.416 e. The van der Waals surface area contributed by atoms with Crippen molar-refractivity contribution in [1.29, 1.82) is 0 Å². The van der Waals surface area contributed by atoms with Crippen LogP contribution in [0.3, 0.4) is 0 Å². The van der Waals surface area contributed by atoms with Gasteiger partial charge < -0.3 is 4.74 Å². The number of hydrogen-bond donors (Lipinski definition) is 0. The van der Waals surface area contributed by atoms with E-state index in [-0.39, 0.29) is 5.92 Å². The number of alkyl halides is 3. The minimum atomic E-state index is -4.34. The van der Waals surface area contributed by atoms with Crippen molar-refractivity contribution in [2.24, 2.45) is 0 Å². The van der Waals surface area contributed by atoms with E-state index in [0.717, 1.165) is 34.0 Å². The van der Waals surface area contributed by atoms with E-state index in [4.69, 9.17) is 4.74 Å². The molecular formula is C20H13F3O.